The van der Waals surface area contributed by atoms with Crippen molar-refractivity contribution in [3.05, 3.63) is 35.9 Å². The first-order chi connectivity index (χ1) is 18.3. The molecule has 0 heterocycles. The van der Waals surface area contributed by atoms with E-state index in [1.165, 1.54) is 0 Å². The molecule has 0 radical (unpaired) electrons. The number of hydrogen-bond donors (Lipinski definition) is 3. The van der Waals surface area contributed by atoms with Crippen LogP contribution in [0.3, 0.4) is 0 Å². The van der Waals surface area contributed by atoms with Crippen LogP contribution in [0.5, 0.6) is 0 Å². The SMILES string of the molecule is C[C@@H]([C@H]1[C@H](O)C[C@@]2(C)[C@@H]3CC[C@H]4[C@@](C)(CO)[C@@H](NC(=O)c5ccccc5)CC[C@@]45C[C@@]35C(=O)C[C@]12C)N(C)C. The number of nitrogens with one attached hydrogen (secondary N) is 1. The first-order valence-corrected chi connectivity index (χ1v) is 15.2. The van der Waals surface area contributed by atoms with Gasteiger partial charge in [-0.3, -0.25) is 9.59 Å². The summed E-state index contributed by atoms with van der Waals surface area (Å²) in [6.07, 6.45) is 5.43. The summed E-state index contributed by atoms with van der Waals surface area (Å²) in [4.78, 5) is 29.8. The molecule has 2 spiro atoms. The zero-order chi connectivity index (χ0) is 28.2. The number of carbonyl (C=O) groups is 2. The lowest BCUT2D eigenvalue weighted by molar-refractivity contribution is -0.172. The van der Waals surface area contributed by atoms with Crippen LogP contribution in [-0.2, 0) is 4.79 Å². The van der Waals surface area contributed by atoms with Gasteiger partial charge in [0.25, 0.3) is 5.91 Å². The first kappa shape index (κ1) is 27.4. The highest BCUT2D eigenvalue weighted by molar-refractivity contribution is 5.94. The average molecular weight is 537 g/mol. The topological polar surface area (TPSA) is 89.9 Å². The molecule has 11 atom stereocenters. The Morgan fingerprint density at radius 3 is 2.38 bits per heavy atom. The molecule has 5 aliphatic carbocycles. The van der Waals surface area contributed by atoms with Crippen molar-refractivity contribution < 1.29 is 19.8 Å². The molecule has 0 unspecified atom stereocenters. The molecule has 0 saturated heterocycles. The van der Waals surface area contributed by atoms with Crippen LogP contribution in [0.2, 0.25) is 0 Å². The van der Waals surface area contributed by atoms with Gasteiger partial charge in [0, 0.05) is 40.8 Å². The van der Waals surface area contributed by atoms with Crippen LogP contribution in [-0.4, -0.2) is 65.7 Å². The van der Waals surface area contributed by atoms with Gasteiger partial charge < -0.3 is 20.4 Å². The molecule has 1 aromatic rings. The number of amides is 1. The van der Waals surface area contributed by atoms with E-state index in [2.05, 4.69) is 52.0 Å². The largest absolute Gasteiger partial charge is 0.396 e. The molecule has 214 valence electrons. The third-order valence-electron chi connectivity index (χ3n) is 13.7. The highest BCUT2D eigenvalue weighted by atomic mass is 16.3. The number of benzene rings is 1. The molecule has 5 saturated carbocycles. The van der Waals surface area contributed by atoms with E-state index in [4.69, 9.17) is 0 Å². The van der Waals surface area contributed by atoms with E-state index < -0.39 is 11.5 Å². The van der Waals surface area contributed by atoms with E-state index in [1.54, 1.807) is 0 Å². The highest BCUT2D eigenvalue weighted by Crippen LogP contribution is 2.87. The minimum atomic E-state index is -0.476. The maximum Gasteiger partial charge on any atom is 0.251 e. The third kappa shape index (κ3) is 3.26. The Bertz CT molecular complexity index is 1170. The number of aliphatic hydroxyl groups is 2. The second kappa shape index (κ2) is 8.62. The second-order valence-corrected chi connectivity index (χ2v) is 15.0. The van der Waals surface area contributed by atoms with E-state index in [0.29, 0.717) is 17.8 Å². The van der Waals surface area contributed by atoms with Crippen molar-refractivity contribution in [1.29, 1.82) is 0 Å². The lowest BCUT2D eigenvalue weighted by atomic mass is 9.41. The summed E-state index contributed by atoms with van der Waals surface area (Å²) < 4.78 is 0. The average Bonchev–Trinajstić information content (AvgIpc) is 3.54. The minimum absolute atomic E-state index is 0.00418. The maximum atomic E-state index is 14.5. The standard InChI is InChI=1S/C33H48N2O4/c1-20(35(5)6)27-22(37)16-30(3)24-13-12-23-29(2,19-36)25(34-28(39)21-10-8-7-9-11-21)14-15-32(23)18-33(24,32)26(38)17-31(27,30)4/h7-11,20,22-25,27,36-37H,12-19H2,1-6H3,(H,34,39)/t20-,22+,23-,24-,25-,27-,29+,30-,31+,32+,33-/m0/s1. The van der Waals surface area contributed by atoms with Gasteiger partial charge in [-0.05, 0) is 99.8 Å². The summed E-state index contributed by atoms with van der Waals surface area (Å²) in [7, 11) is 4.16. The molecular weight excluding hydrogens is 488 g/mol. The van der Waals surface area contributed by atoms with Gasteiger partial charge in [-0.15, -0.1) is 0 Å². The van der Waals surface area contributed by atoms with Crippen LogP contribution in [0.4, 0.5) is 0 Å². The Kier molecular flexibility index (Phi) is 6.06. The Hall–Kier alpha value is -1.76. The number of hydrogen-bond acceptors (Lipinski definition) is 5. The fourth-order valence-corrected chi connectivity index (χ4v) is 11.5. The van der Waals surface area contributed by atoms with Crippen molar-refractivity contribution in [2.75, 3.05) is 20.7 Å². The van der Waals surface area contributed by atoms with Crippen molar-refractivity contribution in [2.24, 2.45) is 44.8 Å². The second-order valence-electron chi connectivity index (χ2n) is 15.0. The van der Waals surface area contributed by atoms with Gasteiger partial charge in [0.05, 0.1) is 12.7 Å². The van der Waals surface area contributed by atoms with Crippen LogP contribution >= 0.6 is 0 Å². The number of aliphatic hydroxyl groups excluding tert-OH is 2. The van der Waals surface area contributed by atoms with Crippen molar-refractivity contribution in [2.45, 2.75) is 90.8 Å². The van der Waals surface area contributed by atoms with Crippen LogP contribution in [0.25, 0.3) is 0 Å². The smallest absolute Gasteiger partial charge is 0.251 e. The maximum absolute atomic E-state index is 14.5. The number of fused-ring (bicyclic) bond motifs is 2. The summed E-state index contributed by atoms with van der Waals surface area (Å²) in [5, 5.41) is 25.7. The van der Waals surface area contributed by atoms with E-state index in [-0.39, 0.29) is 64.0 Å². The van der Waals surface area contributed by atoms with Crippen LogP contribution < -0.4 is 5.32 Å². The van der Waals surface area contributed by atoms with Gasteiger partial charge in [-0.1, -0.05) is 39.0 Å². The van der Waals surface area contributed by atoms with Crippen molar-refractivity contribution >= 4 is 11.7 Å². The fourth-order valence-electron chi connectivity index (χ4n) is 11.5. The number of rotatable bonds is 5. The van der Waals surface area contributed by atoms with Crippen molar-refractivity contribution in [3.8, 4) is 0 Å². The molecule has 39 heavy (non-hydrogen) atoms. The van der Waals surface area contributed by atoms with Crippen molar-refractivity contribution in [1.82, 2.24) is 10.2 Å². The number of nitrogens with zero attached hydrogens (tertiary/aromatic N) is 1. The Labute approximate surface area is 233 Å². The lowest BCUT2D eigenvalue weighted by Crippen LogP contribution is -2.64. The van der Waals surface area contributed by atoms with Crippen molar-refractivity contribution in [3.63, 3.8) is 0 Å². The molecule has 5 fully saturated rings. The zero-order valence-corrected chi connectivity index (χ0v) is 24.7. The molecule has 0 aliphatic heterocycles. The molecule has 0 aromatic heterocycles. The van der Waals surface area contributed by atoms with Gasteiger partial charge in [0.2, 0.25) is 0 Å². The molecule has 1 amide bonds. The summed E-state index contributed by atoms with van der Waals surface area (Å²) in [5.74, 6) is 0.848. The van der Waals surface area contributed by atoms with Gasteiger partial charge in [-0.2, -0.15) is 0 Å². The number of carbonyl (C=O) groups excluding carboxylic acids is 2. The fraction of sp³-hybridized carbons (Fsp3) is 0.758. The molecule has 3 N–H and O–H groups in total. The van der Waals surface area contributed by atoms with Gasteiger partial charge in [0.1, 0.15) is 5.78 Å². The van der Waals surface area contributed by atoms with Gasteiger partial charge in [-0.25, -0.2) is 0 Å². The quantitative estimate of drug-likeness (QED) is 0.522. The van der Waals surface area contributed by atoms with E-state index in [0.717, 1.165) is 38.5 Å². The predicted molar refractivity (Wildman–Crippen MR) is 151 cm³/mol. The van der Waals surface area contributed by atoms with Gasteiger partial charge in [0.15, 0.2) is 0 Å². The molecule has 0 bridgehead atoms. The Balaban J connectivity index is 1.33. The summed E-state index contributed by atoms with van der Waals surface area (Å²) in [6.45, 7) is 9.04. The molecule has 6 nitrogen and oxygen atoms in total. The summed E-state index contributed by atoms with van der Waals surface area (Å²) in [6, 6.07) is 9.38. The number of Topliss-reactive ketones (excluding diaryl/α,β-unsaturated/α-hetero) is 1. The highest BCUT2D eigenvalue weighted by Gasteiger charge is 2.86. The van der Waals surface area contributed by atoms with E-state index >= 15 is 0 Å². The molecule has 5 aliphatic rings. The summed E-state index contributed by atoms with van der Waals surface area (Å²) >= 11 is 0. The Morgan fingerprint density at radius 2 is 1.74 bits per heavy atom. The van der Waals surface area contributed by atoms with Crippen LogP contribution in [0, 0.1) is 44.8 Å². The van der Waals surface area contributed by atoms with Gasteiger partial charge >= 0.3 is 0 Å². The minimum Gasteiger partial charge on any atom is -0.396 e. The van der Waals surface area contributed by atoms with Crippen LogP contribution in [0.1, 0.15) is 83.0 Å². The molecule has 6 heteroatoms. The zero-order valence-electron chi connectivity index (χ0n) is 24.7. The third-order valence-corrected chi connectivity index (χ3v) is 13.7. The first-order valence-electron chi connectivity index (χ1n) is 15.2. The molecule has 1 aromatic carbocycles. The molecular formula is C33H48N2O4. The summed E-state index contributed by atoms with van der Waals surface area (Å²) in [5.41, 5.74) is -0.612. The predicted octanol–water partition coefficient (Wildman–Crippen LogP) is 4.30. The normalized spacial score (nSPS) is 48.9. The lowest BCUT2D eigenvalue weighted by Gasteiger charge is -2.63. The number of ketones is 1. The van der Waals surface area contributed by atoms with E-state index in [9.17, 15) is 19.8 Å². The monoisotopic (exact) mass is 536 g/mol. The Morgan fingerprint density at radius 1 is 1.08 bits per heavy atom. The molecule has 6 rings (SSSR count). The van der Waals surface area contributed by atoms with Crippen LogP contribution in [0.15, 0.2) is 30.3 Å². The van der Waals surface area contributed by atoms with E-state index in [1.807, 2.05) is 30.3 Å².